The Hall–Kier alpha value is -3.38. The molecule has 37 heavy (non-hydrogen) atoms. The Morgan fingerprint density at radius 1 is 1.00 bits per heavy atom. The van der Waals surface area contributed by atoms with Crippen LogP contribution >= 0.6 is 11.6 Å². The Morgan fingerprint density at radius 2 is 1.62 bits per heavy atom. The highest BCUT2D eigenvalue weighted by Gasteiger charge is 2.31. The normalized spacial score (nSPS) is 12.5. The van der Waals surface area contributed by atoms with E-state index < -0.39 is 6.04 Å². The average Bonchev–Trinajstić information content (AvgIpc) is 2.89. The molecule has 3 aromatic rings. The molecule has 5 nitrogen and oxygen atoms in total. The van der Waals surface area contributed by atoms with E-state index in [4.69, 9.17) is 16.3 Å². The van der Waals surface area contributed by atoms with E-state index in [0.29, 0.717) is 22.8 Å². The molecule has 196 valence electrons. The first kappa shape index (κ1) is 28.2. The zero-order chi connectivity index (χ0) is 26.9. The summed E-state index contributed by atoms with van der Waals surface area (Å²) in [6, 6.07) is 18.2. The minimum Gasteiger partial charge on any atom is -0.484 e. The first-order valence-corrected chi connectivity index (χ1v) is 12.8. The highest BCUT2D eigenvalue weighted by molar-refractivity contribution is 6.32. The molecular formula is C30H34ClFN2O3. The molecule has 0 aliphatic heterocycles. The highest BCUT2D eigenvalue weighted by Crippen LogP contribution is 2.26. The molecule has 0 fully saturated rings. The van der Waals surface area contributed by atoms with Crippen LogP contribution in [0.25, 0.3) is 0 Å². The molecule has 1 N–H and O–H groups in total. The van der Waals surface area contributed by atoms with Crippen LogP contribution in [-0.4, -0.2) is 35.4 Å². The van der Waals surface area contributed by atoms with Crippen molar-refractivity contribution in [2.45, 2.75) is 59.2 Å². The van der Waals surface area contributed by atoms with E-state index in [0.717, 1.165) is 23.1 Å². The molecule has 7 heteroatoms. The second kappa shape index (κ2) is 13.2. The lowest BCUT2D eigenvalue weighted by molar-refractivity contribution is -0.143. The summed E-state index contributed by atoms with van der Waals surface area (Å²) in [5, 5.41) is 3.68. The third-order valence-corrected chi connectivity index (χ3v) is 6.91. The maximum absolute atomic E-state index is 13.6. The number of carbonyl (C=O) groups is 2. The van der Waals surface area contributed by atoms with Crippen molar-refractivity contribution in [1.82, 2.24) is 10.2 Å². The summed E-state index contributed by atoms with van der Waals surface area (Å²) in [6.45, 7) is 7.54. The molecule has 2 amide bonds. The third-order valence-electron chi connectivity index (χ3n) is 6.31. The number of hydrogen-bond acceptors (Lipinski definition) is 3. The molecule has 0 aromatic heterocycles. The van der Waals surface area contributed by atoms with Gasteiger partial charge in [-0.3, -0.25) is 9.59 Å². The SMILES string of the molecule is CC[C@@H](C)NC(=O)[C@@H](Cc1ccccc1)N(Cc1ccc(F)cc1)C(=O)COc1cc(C)c(Cl)c(C)c1. The predicted octanol–water partition coefficient (Wildman–Crippen LogP) is 6.03. The van der Waals surface area contributed by atoms with Crippen molar-refractivity contribution >= 4 is 23.4 Å². The second-order valence-electron chi connectivity index (χ2n) is 9.33. The number of nitrogens with zero attached hydrogens (tertiary/aromatic N) is 1. The monoisotopic (exact) mass is 524 g/mol. The summed E-state index contributed by atoms with van der Waals surface area (Å²) in [5.41, 5.74) is 3.33. The summed E-state index contributed by atoms with van der Waals surface area (Å²) in [4.78, 5) is 28.6. The smallest absolute Gasteiger partial charge is 0.261 e. The second-order valence-corrected chi connectivity index (χ2v) is 9.71. The van der Waals surface area contributed by atoms with E-state index in [2.05, 4.69) is 5.32 Å². The van der Waals surface area contributed by atoms with Gasteiger partial charge in [-0.25, -0.2) is 4.39 Å². The lowest BCUT2D eigenvalue weighted by atomic mass is 10.0. The number of hydrogen-bond donors (Lipinski definition) is 1. The quantitative estimate of drug-likeness (QED) is 0.333. The van der Waals surface area contributed by atoms with Crippen LogP contribution < -0.4 is 10.1 Å². The van der Waals surface area contributed by atoms with Crippen molar-refractivity contribution in [3.63, 3.8) is 0 Å². The van der Waals surface area contributed by atoms with E-state index in [1.165, 1.54) is 17.0 Å². The van der Waals surface area contributed by atoms with E-state index in [9.17, 15) is 14.0 Å². The van der Waals surface area contributed by atoms with Crippen molar-refractivity contribution in [3.8, 4) is 5.75 Å². The van der Waals surface area contributed by atoms with E-state index >= 15 is 0 Å². The lowest BCUT2D eigenvalue weighted by Gasteiger charge is -2.32. The average molecular weight is 525 g/mol. The van der Waals surface area contributed by atoms with Crippen molar-refractivity contribution in [2.75, 3.05) is 6.61 Å². The summed E-state index contributed by atoms with van der Waals surface area (Å²) in [6.07, 6.45) is 1.09. The molecule has 0 saturated carbocycles. The van der Waals surface area contributed by atoms with Gasteiger partial charge in [-0.2, -0.15) is 0 Å². The maximum atomic E-state index is 13.6. The van der Waals surface area contributed by atoms with Gasteiger partial charge in [0.1, 0.15) is 17.6 Å². The van der Waals surface area contributed by atoms with Gasteiger partial charge in [0, 0.05) is 24.0 Å². The third kappa shape index (κ3) is 8.05. The minimum absolute atomic E-state index is 0.0511. The number of amides is 2. The Balaban J connectivity index is 1.92. The summed E-state index contributed by atoms with van der Waals surface area (Å²) in [7, 11) is 0. The number of rotatable bonds is 11. The number of nitrogens with one attached hydrogen (secondary N) is 1. The number of carbonyl (C=O) groups excluding carboxylic acids is 2. The van der Waals surface area contributed by atoms with Gasteiger partial charge in [-0.1, -0.05) is 61.0 Å². The van der Waals surface area contributed by atoms with Crippen LogP contribution in [0.5, 0.6) is 5.75 Å². The van der Waals surface area contributed by atoms with Crippen LogP contribution in [0.3, 0.4) is 0 Å². The van der Waals surface area contributed by atoms with Crippen LogP contribution in [0, 0.1) is 19.7 Å². The maximum Gasteiger partial charge on any atom is 0.261 e. The molecule has 0 aliphatic carbocycles. The standard InChI is InChI=1S/C30H34ClFN2O3/c1-5-22(4)33-30(36)27(17-23-9-7-6-8-10-23)34(18-24-11-13-25(32)14-12-24)28(35)19-37-26-15-20(2)29(31)21(3)16-26/h6-16,22,27H,5,17-19H2,1-4H3,(H,33,36)/t22-,27-/m1/s1. The highest BCUT2D eigenvalue weighted by atomic mass is 35.5. The fraction of sp³-hybridized carbons (Fsp3) is 0.333. The molecule has 0 unspecified atom stereocenters. The van der Waals surface area contributed by atoms with Crippen LogP contribution in [0.4, 0.5) is 4.39 Å². The van der Waals surface area contributed by atoms with Gasteiger partial charge in [0.05, 0.1) is 0 Å². The van der Waals surface area contributed by atoms with Crippen molar-refractivity contribution in [3.05, 3.63) is 99.8 Å². The fourth-order valence-corrected chi connectivity index (χ4v) is 4.11. The molecule has 0 spiro atoms. The van der Waals surface area contributed by atoms with E-state index in [1.807, 2.05) is 58.0 Å². The van der Waals surface area contributed by atoms with Crippen LogP contribution in [0.1, 0.15) is 42.5 Å². The lowest BCUT2D eigenvalue weighted by Crippen LogP contribution is -2.53. The van der Waals surface area contributed by atoms with Gasteiger partial charge in [-0.05, 0) is 73.7 Å². The topological polar surface area (TPSA) is 58.6 Å². The van der Waals surface area contributed by atoms with Crippen molar-refractivity contribution < 1.29 is 18.7 Å². The number of ether oxygens (including phenoxy) is 1. The fourth-order valence-electron chi connectivity index (χ4n) is 4.00. The van der Waals surface area contributed by atoms with Crippen LogP contribution in [0.15, 0.2) is 66.7 Å². The summed E-state index contributed by atoms with van der Waals surface area (Å²) < 4.78 is 19.4. The molecule has 3 aromatic carbocycles. The molecule has 0 aliphatic rings. The Morgan fingerprint density at radius 3 is 2.22 bits per heavy atom. The molecule has 0 bridgehead atoms. The molecule has 3 rings (SSSR count). The molecule has 0 heterocycles. The number of aryl methyl sites for hydroxylation is 2. The van der Waals surface area contributed by atoms with Gasteiger partial charge >= 0.3 is 0 Å². The van der Waals surface area contributed by atoms with Crippen LogP contribution in [-0.2, 0) is 22.6 Å². The molecular weight excluding hydrogens is 491 g/mol. The predicted molar refractivity (Wildman–Crippen MR) is 145 cm³/mol. The first-order chi connectivity index (χ1) is 17.7. The van der Waals surface area contributed by atoms with Gasteiger partial charge in [0.15, 0.2) is 6.61 Å². The minimum atomic E-state index is -0.786. The Bertz CT molecular complexity index is 1180. The van der Waals surface area contributed by atoms with Crippen LogP contribution in [0.2, 0.25) is 5.02 Å². The largest absolute Gasteiger partial charge is 0.484 e. The molecule has 0 radical (unpaired) electrons. The van der Waals surface area contributed by atoms with Gasteiger partial charge in [-0.15, -0.1) is 0 Å². The number of benzene rings is 3. The Labute approximate surface area is 223 Å². The zero-order valence-corrected chi connectivity index (χ0v) is 22.5. The molecule has 2 atom stereocenters. The Kier molecular flexibility index (Phi) is 10.1. The van der Waals surface area contributed by atoms with E-state index in [-0.39, 0.29) is 36.8 Å². The van der Waals surface area contributed by atoms with Crippen molar-refractivity contribution in [1.29, 1.82) is 0 Å². The molecule has 0 saturated heterocycles. The summed E-state index contributed by atoms with van der Waals surface area (Å²) in [5.74, 6) is -0.436. The van der Waals surface area contributed by atoms with E-state index in [1.54, 1.807) is 24.3 Å². The van der Waals surface area contributed by atoms with Crippen molar-refractivity contribution in [2.24, 2.45) is 0 Å². The van der Waals surface area contributed by atoms with Gasteiger partial charge in [0.25, 0.3) is 5.91 Å². The number of halogens is 2. The summed E-state index contributed by atoms with van der Waals surface area (Å²) >= 11 is 6.27. The first-order valence-electron chi connectivity index (χ1n) is 12.5. The van der Waals surface area contributed by atoms with Gasteiger partial charge in [0.2, 0.25) is 5.91 Å². The van der Waals surface area contributed by atoms with Gasteiger partial charge < -0.3 is 15.0 Å². The zero-order valence-electron chi connectivity index (χ0n) is 21.8.